The maximum Gasteiger partial charge on any atom is 0.344 e. The molecular formula is C14H11BrClNO4S. The van der Waals surface area contributed by atoms with Crippen LogP contribution in [0.3, 0.4) is 0 Å². The Morgan fingerprint density at radius 2 is 1.91 bits per heavy atom. The van der Waals surface area contributed by atoms with Crippen LogP contribution in [-0.2, 0) is 10.0 Å². The second-order valence-electron chi connectivity index (χ2n) is 4.49. The zero-order valence-corrected chi connectivity index (χ0v) is 14.5. The van der Waals surface area contributed by atoms with Gasteiger partial charge in [0.15, 0.2) is 0 Å². The fraction of sp³-hybridized carbons (Fsp3) is 0.0714. The molecule has 116 valence electrons. The Morgan fingerprint density at radius 3 is 2.50 bits per heavy atom. The van der Waals surface area contributed by atoms with E-state index in [0.717, 1.165) is 6.07 Å². The average Bonchev–Trinajstić information content (AvgIpc) is 2.41. The number of hydrogen-bond donors (Lipinski definition) is 1. The Labute approximate surface area is 141 Å². The van der Waals surface area contributed by atoms with Gasteiger partial charge in [0, 0.05) is 9.50 Å². The van der Waals surface area contributed by atoms with E-state index in [9.17, 15) is 13.2 Å². The molecule has 22 heavy (non-hydrogen) atoms. The van der Waals surface area contributed by atoms with Crippen LogP contribution in [-0.4, -0.2) is 14.4 Å². The van der Waals surface area contributed by atoms with E-state index in [1.807, 2.05) is 0 Å². The molecule has 2 aromatic rings. The third kappa shape index (κ3) is 3.86. The maximum absolute atomic E-state index is 12.2. The first kappa shape index (κ1) is 17.0. The quantitative estimate of drug-likeness (QED) is 0.628. The molecule has 5 nitrogen and oxygen atoms in total. The van der Waals surface area contributed by atoms with Crippen LogP contribution in [0.15, 0.2) is 45.8 Å². The molecular weight excluding hydrogens is 394 g/mol. The minimum Gasteiger partial charge on any atom is -0.423 e. The standard InChI is InChI=1S/C14H11BrClNO4S/c1-8-6-9(16)2-5-13(8)21-14(18)11-7-10(22(17,19)20)3-4-12(11)15/h2-7H,1H3,(H2,17,19,20). The Morgan fingerprint density at radius 1 is 1.23 bits per heavy atom. The van der Waals surface area contributed by atoms with Gasteiger partial charge in [-0.05, 0) is 64.8 Å². The number of sulfonamides is 1. The molecule has 0 spiro atoms. The molecule has 0 aromatic heterocycles. The third-order valence-corrected chi connectivity index (χ3v) is 4.66. The average molecular weight is 405 g/mol. The van der Waals surface area contributed by atoms with Crippen molar-refractivity contribution in [1.29, 1.82) is 0 Å². The number of hydrogen-bond acceptors (Lipinski definition) is 4. The van der Waals surface area contributed by atoms with E-state index in [1.54, 1.807) is 25.1 Å². The van der Waals surface area contributed by atoms with E-state index in [4.69, 9.17) is 21.5 Å². The summed E-state index contributed by atoms with van der Waals surface area (Å²) in [6, 6.07) is 8.68. The van der Waals surface area contributed by atoms with Crippen LogP contribution in [0.4, 0.5) is 0 Å². The first-order chi connectivity index (χ1) is 10.2. The van der Waals surface area contributed by atoms with Crippen LogP contribution in [0.2, 0.25) is 5.02 Å². The number of benzene rings is 2. The summed E-state index contributed by atoms with van der Waals surface area (Å²) < 4.78 is 28.4. The summed E-state index contributed by atoms with van der Waals surface area (Å²) in [5, 5.41) is 5.58. The van der Waals surface area contributed by atoms with Crippen molar-refractivity contribution >= 4 is 43.5 Å². The van der Waals surface area contributed by atoms with E-state index in [0.29, 0.717) is 20.8 Å². The number of rotatable bonds is 3. The summed E-state index contributed by atoms with van der Waals surface area (Å²) in [5.41, 5.74) is 0.737. The van der Waals surface area contributed by atoms with Crippen molar-refractivity contribution in [3.63, 3.8) is 0 Å². The van der Waals surface area contributed by atoms with Gasteiger partial charge in [0.2, 0.25) is 10.0 Å². The lowest BCUT2D eigenvalue weighted by Gasteiger charge is -2.09. The van der Waals surface area contributed by atoms with Crippen molar-refractivity contribution < 1.29 is 17.9 Å². The lowest BCUT2D eigenvalue weighted by molar-refractivity contribution is 0.0732. The molecule has 0 heterocycles. The van der Waals surface area contributed by atoms with E-state index >= 15 is 0 Å². The molecule has 0 bridgehead atoms. The molecule has 0 aliphatic rings. The molecule has 2 N–H and O–H groups in total. The Bertz CT molecular complexity index is 852. The Kier molecular flexibility index (Phi) is 4.91. The summed E-state index contributed by atoms with van der Waals surface area (Å²) in [4.78, 5) is 12.1. The number of primary sulfonamides is 1. The van der Waals surface area contributed by atoms with Crippen LogP contribution >= 0.6 is 27.5 Å². The maximum atomic E-state index is 12.2. The molecule has 0 radical (unpaired) electrons. The SMILES string of the molecule is Cc1cc(Cl)ccc1OC(=O)c1cc(S(N)(=O)=O)ccc1Br. The first-order valence-corrected chi connectivity index (χ1v) is 8.71. The highest BCUT2D eigenvalue weighted by Crippen LogP contribution is 2.25. The zero-order chi connectivity index (χ0) is 16.5. The summed E-state index contributed by atoms with van der Waals surface area (Å²) in [5.74, 6) is -0.370. The monoisotopic (exact) mass is 403 g/mol. The summed E-state index contributed by atoms with van der Waals surface area (Å²) >= 11 is 9.02. The second kappa shape index (κ2) is 6.37. The van der Waals surface area contributed by atoms with Crippen molar-refractivity contribution in [3.05, 3.63) is 57.0 Å². The Hall–Kier alpha value is -1.41. The molecule has 2 aromatic carbocycles. The minimum absolute atomic E-state index is 0.0564. The topological polar surface area (TPSA) is 86.5 Å². The molecule has 0 saturated heterocycles. The smallest absolute Gasteiger partial charge is 0.344 e. The minimum atomic E-state index is -3.91. The zero-order valence-electron chi connectivity index (χ0n) is 11.3. The largest absolute Gasteiger partial charge is 0.423 e. The van der Waals surface area contributed by atoms with Crippen LogP contribution in [0, 0.1) is 6.92 Å². The second-order valence-corrected chi connectivity index (χ2v) is 7.34. The van der Waals surface area contributed by atoms with Gasteiger partial charge >= 0.3 is 5.97 Å². The number of esters is 1. The normalized spacial score (nSPS) is 11.3. The number of aryl methyl sites for hydroxylation is 1. The van der Waals surface area contributed by atoms with Gasteiger partial charge in [-0.3, -0.25) is 0 Å². The van der Waals surface area contributed by atoms with Gasteiger partial charge < -0.3 is 4.74 Å². The fourth-order valence-electron chi connectivity index (χ4n) is 1.72. The number of halogens is 2. The van der Waals surface area contributed by atoms with E-state index in [1.165, 1.54) is 12.1 Å². The Balaban J connectivity index is 2.37. The molecule has 2 rings (SSSR count). The van der Waals surface area contributed by atoms with Crippen molar-refractivity contribution in [1.82, 2.24) is 0 Å². The fourth-order valence-corrected chi connectivity index (χ4v) is 2.89. The van der Waals surface area contributed by atoms with Crippen molar-refractivity contribution in [2.75, 3.05) is 0 Å². The highest BCUT2D eigenvalue weighted by atomic mass is 79.9. The van der Waals surface area contributed by atoms with Crippen LogP contribution < -0.4 is 9.88 Å². The molecule has 0 saturated carbocycles. The molecule has 0 fully saturated rings. The lowest BCUT2D eigenvalue weighted by atomic mass is 10.2. The van der Waals surface area contributed by atoms with Gasteiger partial charge in [-0.25, -0.2) is 18.4 Å². The van der Waals surface area contributed by atoms with Gasteiger partial charge in [-0.15, -0.1) is 0 Å². The highest BCUT2D eigenvalue weighted by Gasteiger charge is 2.18. The van der Waals surface area contributed by atoms with Crippen molar-refractivity contribution in [2.45, 2.75) is 11.8 Å². The van der Waals surface area contributed by atoms with Crippen LogP contribution in [0.5, 0.6) is 5.75 Å². The molecule has 0 amide bonds. The van der Waals surface area contributed by atoms with E-state index in [-0.39, 0.29) is 10.5 Å². The first-order valence-electron chi connectivity index (χ1n) is 5.99. The van der Waals surface area contributed by atoms with E-state index < -0.39 is 16.0 Å². The van der Waals surface area contributed by atoms with Crippen molar-refractivity contribution in [3.8, 4) is 5.75 Å². The molecule has 0 unspecified atom stereocenters. The van der Waals surface area contributed by atoms with Gasteiger partial charge in [-0.2, -0.15) is 0 Å². The molecule has 0 atom stereocenters. The summed E-state index contributed by atoms with van der Waals surface area (Å²) in [6.07, 6.45) is 0. The molecule has 0 aliphatic carbocycles. The van der Waals surface area contributed by atoms with E-state index in [2.05, 4.69) is 15.9 Å². The number of ether oxygens (including phenoxy) is 1. The van der Waals surface area contributed by atoms with Crippen LogP contribution in [0.25, 0.3) is 0 Å². The van der Waals surface area contributed by atoms with Gasteiger partial charge in [-0.1, -0.05) is 11.6 Å². The summed E-state index contributed by atoms with van der Waals surface area (Å²) in [7, 11) is -3.91. The van der Waals surface area contributed by atoms with Gasteiger partial charge in [0.1, 0.15) is 5.75 Å². The number of nitrogens with two attached hydrogens (primary N) is 1. The number of carbonyl (C=O) groups is 1. The van der Waals surface area contributed by atoms with Gasteiger partial charge in [0.05, 0.1) is 10.5 Å². The molecule has 8 heteroatoms. The van der Waals surface area contributed by atoms with Crippen molar-refractivity contribution in [2.24, 2.45) is 5.14 Å². The summed E-state index contributed by atoms with van der Waals surface area (Å²) in [6.45, 7) is 1.74. The number of carbonyl (C=O) groups excluding carboxylic acids is 1. The predicted molar refractivity (Wildman–Crippen MR) is 86.7 cm³/mol. The predicted octanol–water partition coefficient (Wildman–Crippen LogP) is 3.28. The molecule has 0 aliphatic heterocycles. The third-order valence-electron chi connectivity index (χ3n) is 2.83. The van der Waals surface area contributed by atoms with Crippen LogP contribution in [0.1, 0.15) is 15.9 Å². The van der Waals surface area contributed by atoms with Gasteiger partial charge in [0.25, 0.3) is 0 Å². The highest BCUT2D eigenvalue weighted by molar-refractivity contribution is 9.10. The lowest BCUT2D eigenvalue weighted by Crippen LogP contribution is -2.15.